The summed E-state index contributed by atoms with van der Waals surface area (Å²) in [6, 6.07) is 7.55. The monoisotopic (exact) mass is 265 g/mol. The predicted octanol–water partition coefficient (Wildman–Crippen LogP) is 1.12. The summed E-state index contributed by atoms with van der Waals surface area (Å²) in [5, 5.41) is 3.22. The highest BCUT2D eigenvalue weighted by Gasteiger charge is 2.17. The van der Waals surface area contributed by atoms with Crippen molar-refractivity contribution in [3.8, 4) is 5.75 Å². The first kappa shape index (κ1) is 13.8. The number of hydrogen-bond donors (Lipinski definition) is 1. The number of carbonyl (C=O) groups excluding carboxylic acids is 1. The van der Waals surface area contributed by atoms with Crippen LogP contribution in [0.15, 0.2) is 24.3 Å². The predicted molar refractivity (Wildman–Crippen MR) is 70.0 cm³/mol. The molecule has 0 spiro atoms. The summed E-state index contributed by atoms with van der Waals surface area (Å²) in [4.78, 5) is 11.7. The minimum absolute atomic E-state index is 0.0616. The number of rotatable bonds is 5. The first-order valence-electron chi connectivity index (χ1n) is 6.37. The second-order valence-corrected chi connectivity index (χ2v) is 4.44. The molecule has 1 fully saturated rings. The van der Waals surface area contributed by atoms with E-state index in [9.17, 15) is 4.79 Å². The molecule has 0 bridgehead atoms. The summed E-state index contributed by atoms with van der Waals surface area (Å²) in [5.41, 5.74) is 0.917. The highest BCUT2D eigenvalue weighted by Crippen LogP contribution is 2.13. The van der Waals surface area contributed by atoms with Gasteiger partial charge in [0.25, 0.3) is 0 Å². The van der Waals surface area contributed by atoms with Gasteiger partial charge in [0.15, 0.2) is 0 Å². The standard InChI is InChI=1S/C14H19NO4/c1-17-13-4-2-3-11(7-13)9-19-14(16)8-12-10-18-6-5-15-12/h2-4,7,12,15H,5-6,8-10H2,1H3. The Hall–Kier alpha value is -1.59. The third-order valence-corrected chi connectivity index (χ3v) is 2.95. The highest BCUT2D eigenvalue weighted by molar-refractivity contribution is 5.70. The molecule has 1 unspecified atom stereocenters. The molecule has 1 aliphatic rings. The van der Waals surface area contributed by atoms with Gasteiger partial charge in [-0.25, -0.2) is 0 Å². The molecule has 0 amide bonds. The lowest BCUT2D eigenvalue weighted by atomic mass is 10.2. The molecular formula is C14H19NO4. The van der Waals surface area contributed by atoms with Crippen molar-refractivity contribution in [3.05, 3.63) is 29.8 Å². The normalized spacial score (nSPS) is 18.9. The molecule has 5 heteroatoms. The van der Waals surface area contributed by atoms with Crippen molar-refractivity contribution < 1.29 is 19.0 Å². The first-order valence-corrected chi connectivity index (χ1v) is 6.37. The zero-order valence-corrected chi connectivity index (χ0v) is 11.1. The van der Waals surface area contributed by atoms with E-state index in [2.05, 4.69) is 5.32 Å². The van der Waals surface area contributed by atoms with E-state index in [0.717, 1.165) is 17.9 Å². The molecule has 1 aliphatic heterocycles. The van der Waals surface area contributed by atoms with Gasteiger partial charge >= 0.3 is 5.97 Å². The zero-order chi connectivity index (χ0) is 13.5. The van der Waals surface area contributed by atoms with Crippen LogP contribution in [-0.4, -0.2) is 38.9 Å². The zero-order valence-electron chi connectivity index (χ0n) is 11.1. The van der Waals surface area contributed by atoms with Gasteiger partial charge in [0.05, 0.1) is 26.7 Å². The van der Waals surface area contributed by atoms with Crippen LogP contribution in [0.2, 0.25) is 0 Å². The van der Waals surface area contributed by atoms with E-state index >= 15 is 0 Å². The quantitative estimate of drug-likeness (QED) is 0.808. The molecule has 1 N–H and O–H groups in total. The lowest BCUT2D eigenvalue weighted by molar-refractivity contribution is -0.146. The maximum absolute atomic E-state index is 11.7. The Morgan fingerprint density at radius 3 is 3.16 bits per heavy atom. The Kier molecular flexibility index (Phi) is 5.18. The van der Waals surface area contributed by atoms with Crippen LogP contribution in [0.1, 0.15) is 12.0 Å². The van der Waals surface area contributed by atoms with E-state index in [1.165, 1.54) is 0 Å². The van der Waals surface area contributed by atoms with Crippen molar-refractivity contribution in [2.24, 2.45) is 0 Å². The van der Waals surface area contributed by atoms with Gasteiger partial charge in [0, 0.05) is 12.6 Å². The van der Waals surface area contributed by atoms with Gasteiger partial charge in [-0.15, -0.1) is 0 Å². The van der Waals surface area contributed by atoms with E-state index in [4.69, 9.17) is 14.2 Å². The molecule has 0 saturated carbocycles. The number of carbonyl (C=O) groups is 1. The first-order chi connectivity index (χ1) is 9.28. The van der Waals surface area contributed by atoms with Crippen LogP contribution >= 0.6 is 0 Å². The maximum Gasteiger partial charge on any atom is 0.307 e. The van der Waals surface area contributed by atoms with Gasteiger partial charge < -0.3 is 19.5 Å². The van der Waals surface area contributed by atoms with Crippen LogP contribution < -0.4 is 10.1 Å². The van der Waals surface area contributed by atoms with Crippen molar-refractivity contribution in [2.75, 3.05) is 26.9 Å². The van der Waals surface area contributed by atoms with Crippen LogP contribution in [0.5, 0.6) is 5.75 Å². The van der Waals surface area contributed by atoms with Crippen LogP contribution in [0.25, 0.3) is 0 Å². The van der Waals surface area contributed by atoms with Gasteiger partial charge in [-0.1, -0.05) is 12.1 Å². The number of hydrogen-bond acceptors (Lipinski definition) is 5. The molecule has 0 radical (unpaired) electrons. The van der Waals surface area contributed by atoms with E-state index in [1.54, 1.807) is 7.11 Å². The Morgan fingerprint density at radius 2 is 2.42 bits per heavy atom. The van der Waals surface area contributed by atoms with Crippen molar-refractivity contribution in [2.45, 2.75) is 19.1 Å². The molecule has 5 nitrogen and oxygen atoms in total. The minimum Gasteiger partial charge on any atom is -0.497 e. The largest absolute Gasteiger partial charge is 0.497 e. The maximum atomic E-state index is 11.7. The Labute approximate surface area is 112 Å². The SMILES string of the molecule is COc1cccc(COC(=O)CC2COCCN2)c1. The molecule has 1 atom stereocenters. The van der Waals surface area contributed by atoms with Gasteiger partial charge in [-0.05, 0) is 17.7 Å². The average Bonchev–Trinajstić information content (AvgIpc) is 2.46. The molecular weight excluding hydrogens is 246 g/mol. The Bertz CT molecular complexity index is 416. The molecule has 1 aromatic rings. The second-order valence-electron chi connectivity index (χ2n) is 4.44. The van der Waals surface area contributed by atoms with Gasteiger partial charge in [0.1, 0.15) is 12.4 Å². The van der Waals surface area contributed by atoms with E-state index in [-0.39, 0.29) is 18.6 Å². The molecule has 0 aliphatic carbocycles. The minimum atomic E-state index is -0.217. The van der Waals surface area contributed by atoms with Crippen molar-refractivity contribution in [1.82, 2.24) is 5.32 Å². The van der Waals surface area contributed by atoms with Crippen molar-refractivity contribution >= 4 is 5.97 Å². The average molecular weight is 265 g/mol. The summed E-state index contributed by atoms with van der Waals surface area (Å²) in [5.74, 6) is 0.543. The van der Waals surface area contributed by atoms with E-state index in [0.29, 0.717) is 19.6 Å². The summed E-state index contributed by atoms with van der Waals surface area (Å²) in [7, 11) is 1.61. The van der Waals surface area contributed by atoms with Crippen LogP contribution in [0, 0.1) is 0 Å². The fourth-order valence-corrected chi connectivity index (χ4v) is 1.94. The molecule has 0 aromatic heterocycles. The second kappa shape index (κ2) is 7.11. The lowest BCUT2D eigenvalue weighted by Crippen LogP contribution is -2.42. The van der Waals surface area contributed by atoms with Crippen LogP contribution in [-0.2, 0) is 20.9 Å². The van der Waals surface area contributed by atoms with E-state index < -0.39 is 0 Å². The number of esters is 1. The third kappa shape index (κ3) is 4.54. The Balaban J connectivity index is 1.76. The number of benzene rings is 1. The molecule has 1 heterocycles. The number of methoxy groups -OCH3 is 1. The fourth-order valence-electron chi connectivity index (χ4n) is 1.94. The Morgan fingerprint density at radius 1 is 1.53 bits per heavy atom. The lowest BCUT2D eigenvalue weighted by Gasteiger charge is -2.22. The highest BCUT2D eigenvalue weighted by atomic mass is 16.5. The van der Waals surface area contributed by atoms with Crippen molar-refractivity contribution in [1.29, 1.82) is 0 Å². The summed E-state index contributed by atoms with van der Waals surface area (Å²) in [6.07, 6.45) is 0.337. The smallest absolute Gasteiger partial charge is 0.307 e. The number of ether oxygens (including phenoxy) is 3. The topological polar surface area (TPSA) is 56.8 Å². The molecule has 1 aromatic carbocycles. The molecule has 104 valence electrons. The summed E-state index contributed by atoms with van der Waals surface area (Å²) < 4.78 is 15.6. The molecule has 19 heavy (non-hydrogen) atoms. The van der Waals surface area contributed by atoms with Gasteiger partial charge in [0.2, 0.25) is 0 Å². The van der Waals surface area contributed by atoms with Crippen LogP contribution in [0.4, 0.5) is 0 Å². The van der Waals surface area contributed by atoms with Gasteiger partial charge in [-0.2, -0.15) is 0 Å². The van der Waals surface area contributed by atoms with E-state index in [1.807, 2.05) is 24.3 Å². The molecule has 2 rings (SSSR count). The fraction of sp³-hybridized carbons (Fsp3) is 0.500. The number of nitrogens with one attached hydrogen (secondary N) is 1. The number of morpholine rings is 1. The van der Waals surface area contributed by atoms with Gasteiger partial charge in [-0.3, -0.25) is 4.79 Å². The summed E-state index contributed by atoms with van der Waals surface area (Å²) >= 11 is 0. The molecule has 1 saturated heterocycles. The summed E-state index contributed by atoms with van der Waals surface area (Å²) in [6.45, 7) is 2.32. The van der Waals surface area contributed by atoms with Crippen LogP contribution in [0.3, 0.4) is 0 Å². The third-order valence-electron chi connectivity index (χ3n) is 2.95. The van der Waals surface area contributed by atoms with Crippen molar-refractivity contribution in [3.63, 3.8) is 0 Å².